The topological polar surface area (TPSA) is 43.4 Å². The van der Waals surface area contributed by atoms with Crippen LogP contribution in [0.1, 0.15) is 31.7 Å². The van der Waals surface area contributed by atoms with Crippen molar-refractivity contribution >= 4 is 17.5 Å². The first kappa shape index (κ1) is 11.6. The predicted octanol–water partition coefficient (Wildman–Crippen LogP) is 2.71. The summed E-state index contributed by atoms with van der Waals surface area (Å²) in [5.41, 5.74) is 1.71. The molecule has 0 bridgehead atoms. The smallest absolute Gasteiger partial charge is 0.347 e. The molecular formula is C14H14O3. The quantitative estimate of drug-likeness (QED) is 0.590. The van der Waals surface area contributed by atoms with E-state index in [1.165, 1.54) is 0 Å². The van der Waals surface area contributed by atoms with Crippen molar-refractivity contribution in [3.8, 4) is 0 Å². The highest BCUT2D eigenvalue weighted by Gasteiger charge is 2.32. The predicted molar refractivity (Wildman–Crippen MR) is 64.0 cm³/mol. The van der Waals surface area contributed by atoms with Crippen molar-refractivity contribution in [3.63, 3.8) is 0 Å². The number of carbonyl (C=O) groups is 2. The lowest BCUT2D eigenvalue weighted by Gasteiger charge is -2.01. The zero-order chi connectivity index (χ0) is 12.3. The average molecular weight is 230 g/mol. The molecule has 17 heavy (non-hydrogen) atoms. The van der Waals surface area contributed by atoms with Gasteiger partial charge in [0.1, 0.15) is 0 Å². The van der Waals surface area contributed by atoms with Crippen LogP contribution in [0.3, 0.4) is 0 Å². The summed E-state index contributed by atoms with van der Waals surface area (Å²) in [6, 6.07) is 9.20. The summed E-state index contributed by atoms with van der Waals surface area (Å²) in [6.07, 6.45) is 2.46. The van der Waals surface area contributed by atoms with Gasteiger partial charge in [-0.3, -0.25) is 0 Å². The molecule has 0 atom stereocenters. The minimum Gasteiger partial charge on any atom is -0.386 e. The van der Waals surface area contributed by atoms with Crippen molar-refractivity contribution in [2.45, 2.75) is 26.2 Å². The largest absolute Gasteiger partial charge is 0.386 e. The van der Waals surface area contributed by atoms with Crippen molar-refractivity contribution in [2.24, 2.45) is 0 Å². The minimum absolute atomic E-state index is 0.434. The van der Waals surface area contributed by atoms with E-state index in [1.807, 2.05) is 37.3 Å². The van der Waals surface area contributed by atoms with Gasteiger partial charge in [0, 0.05) is 0 Å². The first-order valence-corrected chi connectivity index (χ1v) is 5.79. The maximum atomic E-state index is 11.7. The van der Waals surface area contributed by atoms with Gasteiger partial charge in [-0.25, -0.2) is 9.59 Å². The Morgan fingerprint density at radius 3 is 2.41 bits per heavy atom. The Labute approximate surface area is 100 Å². The molecule has 3 nitrogen and oxygen atoms in total. The fourth-order valence-corrected chi connectivity index (χ4v) is 1.90. The second-order valence-corrected chi connectivity index (χ2v) is 4.00. The van der Waals surface area contributed by atoms with Crippen LogP contribution in [-0.4, -0.2) is 11.9 Å². The van der Waals surface area contributed by atoms with Gasteiger partial charge in [-0.1, -0.05) is 43.7 Å². The molecule has 3 heteroatoms. The fraction of sp³-hybridized carbons (Fsp3) is 0.286. The zero-order valence-corrected chi connectivity index (χ0v) is 9.73. The number of unbranched alkanes of at least 4 members (excludes halogenated alkanes) is 1. The van der Waals surface area contributed by atoms with Crippen LogP contribution in [0.25, 0.3) is 5.57 Å². The molecule has 0 fully saturated rings. The first-order valence-electron chi connectivity index (χ1n) is 5.79. The van der Waals surface area contributed by atoms with Crippen LogP contribution in [0.5, 0.6) is 0 Å². The van der Waals surface area contributed by atoms with Gasteiger partial charge in [0.25, 0.3) is 0 Å². The van der Waals surface area contributed by atoms with Crippen molar-refractivity contribution in [1.29, 1.82) is 0 Å². The molecule has 1 heterocycles. The summed E-state index contributed by atoms with van der Waals surface area (Å²) < 4.78 is 4.69. The van der Waals surface area contributed by atoms with E-state index >= 15 is 0 Å². The molecule has 0 radical (unpaired) electrons. The van der Waals surface area contributed by atoms with Crippen LogP contribution in [0.2, 0.25) is 0 Å². The third-order valence-corrected chi connectivity index (χ3v) is 2.78. The van der Waals surface area contributed by atoms with Crippen molar-refractivity contribution in [1.82, 2.24) is 0 Å². The highest BCUT2D eigenvalue weighted by atomic mass is 16.6. The lowest BCUT2D eigenvalue weighted by atomic mass is 9.98. The van der Waals surface area contributed by atoms with Gasteiger partial charge in [-0.15, -0.1) is 0 Å². The van der Waals surface area contributed by atoms with Crippen LogP contribution in [0.4, 0.5) is 0 Å². The minimum atomic E-state index is -0.521. The lowest BCUT2D eigenvalue weighted by Crippen LogP contribution is -2.02. The van der Waals surface area contributed by atoms with Gasteiger partial charge in [0.05, 0.1) is 11.1 Å². The number of hydrogen-bond acceptors (Lipinski definition) is 3. The molecule has 1 aliphatic heterocycles. The van der Waals surface area contributed by atoms with E-state index in [1.54, 1.807) is 0 Å². The van der Waals surface area contributed by atoms with Gasteiger partial charge in [0.2, 0.25) is 0 Å². The van der Waals surface area contributed by atoms with E-state index in [9.17, 15) is 9.59 Å². The third-order valence-electron chi connectivity index (χ3n) is 2.78. The summed E-state index contributed by atoms with van der Waals surface area (Å²) in [5, 5.41) is 0. The molecule has 0 saturated carbocycles. The SMILES string of the molecule is CCCCC1=C(c2ccccc2)C(=O)OC1=O. The summed E-state index contributed by atoms with van der Waals surface area (Å²) in [6.45, 7) is 2.05. The molecule has 2 rings (SSSR count). The molecule has 0 N–H and O–H groups in total. The molecule has 0 saturated heterocycles. The Morgan fingerprint density at radius 1 is 1.06 bits per heavy atom. The number of rotatable bonds is 4. The Morgan fingerprint density at radius 2 is 1.76 bits per heavy atom. The number of ether oxygens (including phenoxy) is 1. The van der Waals surface area contributed by atoms with Crippen LogP contribution in [0.15, 0.2) is 35.9 Å². The van der Waals surface area contributed by atoms with Gasteiger partial charge in [-0.2, -0.15) is 0 Å². The molecular weight excluding hydrogens is 216 g/mol. The molecule has 1 aromatic carbocycles. The molecule has 1 aliphatic rings. The molecule has 88 valence electrons. The van der Waals surface area contributed by atoms with Crippen molar-refractivity contribution in [2.75, 3.05) is 0 Å². The zero-order valence-electron chi connectivity index (χ0n) is 9.73. The van der Waals surface area contributed by atoms with Crippen molar-refractivity contribution < 1.29 is 14.3 Å². The average Bonchev–Trinajstić information content (AvgIpc) is 2.62. The molecule has 1 aromatic rings. The van der Waals surface area contributed by atoms with E-state index in [4.69, 9.17) is 0 Å². The van der Waals surface area contributed by atoms with Gasteiger partial charge >= 0.3 is 11.9 Å². The highest BCUT2D eigenvalue weighted by molar-refractivity contribution is 6.30. The van der Waals surface area contributed by atoms with Gasteiger partial charge < -0.3 is 4.74 Å². The van der Waals surface area contributed by atoms with E-state index in [0.29, 0.717) is 17.6 Å². The number of carbonyl (C=O) groups excluding carboxylic acids is 2. The highest BCUT2D eigenvalue weighted by Crippen LogP contribution is 2.30. The second-order valence-electron chi connectivity index (χ2n) is 4.00. The number of cyclic esters (lactones) is 2. The standard InChI is InChI=1S/C14H14O3/c1-2-3-9-11-12(14(16)17-13(11)15)10-7-5-4-6-8-10/h4-8H,2-3,9H2,1H3. The Kier molecular flexibility index (Phi) is 3.38. The molecule has 0 aromatic heterocycles. The van der Waals surface area contributed by atoms with Gasteiger partial charge in [0.15, 0.2) is 0 Å². The summed E-state index contributed by atoms with van der Waals surface area (Å²) in [4.78, 5) is 23.2. The number of hydrogen-bond donors (Lipinski definition) is 0. The third kappa shape index (κ3) is 2.28. The molecule has 0 amide bonds. The molecule has 0 aliphatic carbocycles. The van der Waals surface area contributed by atoms with E-state index < -0.39 is 11.9 Å². The molecule has 0 spiro atoms. The Hall–Kier alpha value is -1.90. The monoisotopic (exact) mass is 230 g/mol. The summed E-state index contributed by atoms with van der Waals surface area (Å²) >= 11 is 0. The summed E-state index contributed by atoms with van der Waals surface area (Å²) in [7, 11) is 0. The maximum absolute atomic E-state index is 11.7. The number of benzene rings is 1. The molecule has 0 unspecified atom stereocenters. The lowest BCUT2D eigenvalue weighted by molar-refractivity contribution is -0.150. The maximum Gasteiger partial charge on any atom is 0.347 e. The fourth-order valence-electron chi connectivity index (χ4n) is 1.90. The van der Waals surface area contributed by atoms with Gasteiger partial charge in [-0.05, 0) is 18.4 Å². The first-order chi connectivity index (χ1) is 8.24. The second kappa shape index (κ2) is 4.95. The van der Waals surface area contributed by atoms with Crippen LogP contribution < -0.4 is 0 Å². The Bertz CT molecular complexity index is 472. The van der Waals surface area contributed by atoms with E-state index in [-0.39, 0.29) is 0 Å². The normalized spacial score (nSPS) is 15.4. The van der Waals surface area contributed by atoms with Crippen molar-refractivity contribution in [3.05, 3.63) is 41.5 Å². The Balaban J connectivity index is 2.41. The van der Waals surface area contributed by atoms with Crippen LogP contribution in [-0.2, 0) is 14.3 Å². The number of esters is 2. The van der Waals surface area contributed by atoms with Crippen LogP contribution in [0, 0.1) is 0 Å². The van der Waals surface area contributed by atoms with Crippen LogP contribution >= 0.6 is 0 Å². The van der Waals surface area contributed by atoms with E-state index in [0.717, 1.165) is 18.4 Å². The van der Waals surface area contributed by atoms with E-state index in [2.05, 4.69) is 4.74 Å². The summed E-state index contributed by atoms with van der Waals surface area (Å²) in [5.74, 6) is -1.00.